The number of aliphatic hydroxyl groups is 1. The van der Waals surface area contributed by atoms with E-state index in [-0.39, 0.29) is 11.0 Å². The van der Waals surface area contributed by atoms with Crippen LogP contribution in [0.1, 0.15) is 56.6 Å². The molecule has 0 saturated heterocycles. The summed E-state index contributed by atoms with van der Waals surface area (Å²) in [4.78, 5) is 19.9. The number of methoxy groups -OCH3 is 1. The van der Waals surface area contributed by atoms with Gasteiger partial charge in [0.1, 0.15) is 5.52 Å². The molecule has 3 aliphatic rings. The molecule has 1 atom stereocenters. The minimum atomic E-state index is -0.954. The third kappa shape index (κ3) is 3.37. The van der Waals surface area contributed by atoms with Gasteiger partial charge in [-0.05, 0) is 56.4 Å². The van der Waals surface area contributed by atoms with Crippen molar-refractivity contribution >= 4 is 28.7 Å². The quantitative estimate of drug-likeness (QED) is 0.692. The molecule has 0 radical (unpaired) electrons. The van der Waals surface area contributed by atoms with Crippen molar-refractivity contribution in [1.29, 1.82) is 0 Å². The number of aliphatic hydroxyl groups excluding tert-OH is 1. The molecule has 0 aromatic carbocycles. The maximum atomic E-state index is 11.1. The average molecular weight is 406 g/mol. The van der Waals surface area contributed by atoms with E-state index in [0.717, 1.165) is 38.5 Å². The van der Waals surface area contributed by atoms with Crippen molar-refractivity contribution in [3.63, 3.8) is 0 Å². The molecule has 0 aliphatic heterocycles. The van der Waals surface area contributed by atoms with Gasteiger partial charge in [0.05, 0.1) is 23.8 Å². The first kappa shape index (κ1) is 19.2. The molecular formula is C20H24ClN3O4. The number of aromatic nitrogens is 2. The molecule has 2 heterocycles. The Morgan fingerprint density at radius 1 is 1.29 bits per heavy atom. The molecule has 28 heavy (non-hydrogen) atoms. The van der Waals surface area contributed by atoms with Gasteiger partial charge < -0.3 is 20.3 Å². The number of rotatable bonds is 5. The second-order valence-electron chi connectivity index (χ2n) is 8.17. The molecule has 3 saturated carbocycles. The van der Waals surface area contributed by atoms with Crippen LogP contribution in [0.4, 0.5) is 4.79 Å². The van der Waals surface area contributed by atoms with E-state index < -0.39 is 12.2 Å². The highest BCUT2D eigenvalue weighted by Crippen LogP contribution is 2.56. The summed E-state index contributed by atoms with van der Waals surface area (Å²) in [6.07, 6.45) is 5.51. The Kier molecular flexibility index (Phi) is 4.83. The first-order valence-electron chi connectivity index (χ1n) is 9.54. The van der Waals surface area contributed by atoms with Crippen molar-refractivity contribution < 1.29 is 19.7 Å². The van der Waals surface area contributed by atoms with E-state index in [1.165, 1.54) is 0 Å². The van der Waals surface area contributed by atoms with E-state index >= 15 is 0 Å². The van der Waals surface area contributed by atoms with Gasteiger partial charge in [0.15, 0.2) is 0 Å². The van der Waals surface area contributed by atoms with Gasteiger partial charge in [0.2, 0.25) is 5.88 Å². The molecule has 0 spiro atoms. The molecule has 2 aromatic heterocycles. The Morgan fingerprint density at radius 2 is 1.96 bits per heavy atom. The lowest BCUT2D eigenvalue weighted by atomic mass is 9.55. The zero-order valence-electron chi connectivity index (χ0n) is 15.7. The van der Waals surface area contributed by atoms with Crippen molar-refractivity contribution in [3.05, 3.63) is 28.9 Å². The van der Waals surface area contributed by atoms with Crippen LogP contribution in [-0.2, 0) is 0 Å². The molecule has 3 aliphatic carbocycles. The van der Waals surface area contributed by atoms with Crippen LogP contribution in [0.15, 0.2) is 18.3 Å². The summed E-state index contributed by atoms with van der Waals surface area (Å²) >= 11 is 6.41. The number of carbonyl (C=O) groups is 1. The van der Waals surface area contributed by atoms with E-state index in [2.05, 4.69) is 15.3 Å². The summed E-state index contributed by atoms with van der Waals surface area (Å²) in [6, 6.07) is 3.54. The van der Waals surface area contributed by atoms with E-state index in [1.54, 1.807) is 25.4 Å². The number of hydrogen-bond donors (Lipinski definition) is 3. The summed E-state index contributed by atoms with van der Waals surface area (Å²) in [7, 11) is 1.54. The van der Waals surface area contributed by atoms with Gasteiger partial charge in [-0.2, -0.15) is 0 Å². The Bertz CT molecular complexity index is 895. The van der Waals surface area contributed by atoms with E-state index in [0.29, 0.717) is 33.9 Å². The highest BCUT2D eigenvalue weighted by atomic mass is 35.5. The van der Waals surface area contributed by atoms with Gasteiger partial charge in [-0.15, -0.1) is 0 Å². The maximum Gasteiger partial charge on any atom is 0.405 e. The van der Waals surface area contributed by atoms with Crippen LogP contribution in [0.25, 0.3) is 11.0 Å². The maximum absolute atomic E-state index is 11.1. The lowest BCUT2D eigenvalue weighted by Gasteiger charge is -2.54. The highest BCUT2D eigenvalue weighted by Gasteiger charge is 2.50. The second-order valence-corrected chi connectivity index (χ2v) is 8.58. The van der Waals surface area contributed by atoms with Gasteiger partial charge >= 0.3 is 6.09 Å². The fourth-order valence-corrected chi connectivity index (χ4v) is 5.24. The zero-order valence-corrected chi connectivity index (χ0v) is 16.5. The van der Waals surface area contributed by atoms with Gasteiger partial charge in [-0.3, -0.25) is 4.98 Å². The molecule has 150 valence electrons. The van der Waals surface area contributed by atoms with E-state index in [4.69, 9.17) is 21.4 Å². The Labute approximate surface area is 168 Å². The number of halogens is 1. The predicted octanol–water partition coefficient (Wildman–Crippen LogP) is 4.08. The third-order valence-electron chi connectivity index (χ3n) is 6.62. The number of carboxylic acid groups (broad SMARTS) is 1. The van der Waals surface area contributed by atoms with E-state index in [1.807, 2.05) is 0 Å². The van der Waals surface area contributed by atoms with Crippen molar-refractivity contribution in [2.24, 2.45) is 5.41 Å². The number of amides is 1. The van der Waals surface area contributed by atoms with Crippen LogP contribution in [0.3, 0.4) is 0 Å². The molecule has 3 N–H and O–H groups in total. The predicted molar refractivity (Wildman–Crippen MR) is 105 cm³/mol. The normalized spacial score (nSPS) is 27.5. The molecular weight excluding hydrogens is 382 g/mol. The number of ether oxygens (including phenoxy) is 1. The Morgan fingerprint density at radius 3 is 2.57 bits per heavy atom. The van der Waals surface area contributed by atoms with Gasteiger partial charge in [-0.25, -0.2) is 9.78 Å². The third-order valence-corrected chi connectivity index (χ3v) is 6.92. The second kappa shape index (κ2) is 7.04. The summed E-state index contributed by atoms with van der Waals surface area (Å²) in [5.41, 5.74) is 1.51. The van der Waals surface area contributed by atoms with Crippen LogP contribution >= 0.6 is 11.6 Å². The first-order chi connectivity index (χ1) is 13.4. The molecule has 5 rings (SSSR count). The van der Waals surface area contributed by atoms with Crippen LogP contribution in [0, 0.1) is 5.41 Å². The average Bonchev–Trinajstić information content (AvgIpc) is 2.68. The lowest BCUT2D eigenvalue weighted by Crippen LogP contribution is -2.56. The summed E-state index contributed by atoms with van der Waals surface area (Å²) in [5.74, 6) is 0.447. The number of nitrogens with one attached hydrogen (secondary N) is 1. The van der Waals surface area contributed by atoms with Crippen molar-refractivity contribution in [2.75, 3.05) is 7.11 Å². The van der Waals surface area contributed by atoms with Gasteiger partial charge in [0.25, 0.3) is 0 Å². The van der Waals surface area contributed by atoms with Gasteiger partial charge in [0, 0.05) is 23.4 Å². The zero-order chi connectivity index (χ0) is 19.9. The van der Waals surface area contributed by atoms with Crippen LogP contribution in [-0.4, -0.2) is 38.9 Å². The Hall–Kier alpha value is -2.12. The fraction of sp³-hybridized carbons (Fsp3) is 0.550. The topological polar surface area (TPSA) is 105 Å². The minimum Gasteiger partial charge on any atom is -0.481 e. The lowest BCUT2D eigenvalue weighted by molar-refractivity contribution is -0.0134. The summed E-state index contributed by atoms with van der Waals surface area (Å²) < 4.78 is 5.22. The molecule has 1 unspecified atom stereocenters. The van der Waals surface area contributed by atoms with Crippen LogP contribution in [0.2, 0.25) is 5.02 Å². The van der Waals surface area contributed by atoms with Crippen LogP contribution < -0.4 is 10.1 Å². The smallest absolute Gasteiger partial charge is 0.405 e. The number of pyridine rings is 2. The van der Waals surface area contributed by atoms with Crippen molar-refractivity contribution in [3.8, 4) is 5.88 Å². The largest absolute Gasteiger partial charge is 0.481 e. The molecule has 3 fully saturated rings. The summed E-state index contributed by atoms with van der Waals surface area (Å²) in [5, 5.41) is 23.4. The first-order valence-corrected chi connectivity index (χ1v) is 9.92. The van der Waals surface area contributed by atoms with Crippen molar-refractivity contribution in [1.82, 2.24) is 15.3 Å². The van der Waals surface area contributed by atoms with E-state index in [9.17, 15) is 9.90 Å². The highest BCUT2D eigenvalue weighted by molar-refractivity contribution is 6.32. The number of fused-ring (bicyclic) bond motifs is 4. The fourth-order valence-electron chi connectivity index (χ4n) is 4.97. The molecule has 2 aromatic rings. The number of nitrogens with zero attached hydrogens (tertiary/aromatic N) is 2. The molecule has 2 bridgehead atoms. The SMILES string of the molecule is COc1ccc2ncc(Cl)c(C(O)CC34CCC(NC(=O)O)(CC3)CC4)c2n1. The number of hydrogen-bond acceptors (Lipinski definition) is 5. The molecule has 8 heteroatoms. The summed E-state index contributed by atoms with van der Waals surface area (Å²) in [6.45, 7) is 0. The molecule has 1 amide bonds. The van der Waals surface area contributed by atoms with Gasteiger partial charge in [-0.1, -0.05) is 11.6 Å². The molecule has 7 nitrogen and oxygen atoms in total. The standard InChI is InChI=1S/C20H24ClN3O4/c1-28-15-3-2-13-17(23-15)16(12(21)11-22-13)14(25)10-19-4-7-20(8-5-19,9-6-19)24-18(26)27/h2-3,11,14,24-25H,4-10H2,1H3,(H,26,27). The Balaban J connectivity index is 1.59. The monoisotopic (exact) mass is 405 g/mol. The van der Waals surface area contributed by atoms with Crippen LogP contribution in [0.5, 0.6) is 5.88 Å². The van der Waals surface area contributed by atoms with Crippen molar-refractivity contribution in [2.45, 2.75) is 56.6 Å². The minimum absolute atomic E-state index is 0.000854.